The number of carbonyl (C=O) groups excluding carboxylic acids is 1. The molecule has 1 amide bonds. The van der Waals surface area contributed by atoms with E-state index in [1.807, 2.05) is 79.7 Å². The number of methoxy groups -OCH3 is 1. The highest BCUT2D eigenvalue weighted by Crippen LogP contribution is 2.14. The van der Waals surface area contributed by atoms with Crippen LogP contribution in [0.5, 0.6) is 5.75 Å². The van der Waals surface area contributed by atoms with Gasteiger partial charge in [0.05, 0.1) is 7.11 Å². The molecule has 0 saturated heterocycles. The summed E-state index contributed by atoms with van der Waals surface area (Å²) in [5.41, 5.74) is 2.07. The Balaban J connectivity index is 0.00000338. The topological polar surface area (TPSA) is 32.8 Å². The number of ether oxygens (including phenoxy) is 1. The molecule has 0 N–H and O–H groups in total. The molecular formula is C21H27ClN2O2. The lowest BCUT2D eigenvalue weighted by atomic mass is 10.2. The molecule has 0 spiro atoms. The average molecular weight is 375 g/mol. The normalized spacial score (nSPS) is 10.6. The van der Waals surface area contributed by atoms with Gasteiger partial charge < -0.3 is 14.5 Å². The zero-order chi connectivity index (χ0) is 18.1. The molecule has 0 aliphatic heterocycles. The fraction of sp³-hybridized carbons (Fsp3) is 0.286. The van der Waals surface area contributed by atoms with E-state index in [0.717, 1.165) is 23.4 Å². The molecule has 0 fully saturated rings. The summed E-state index contributed by atoms with van der Waals surface area (Å²) >= 11 is 0. The number of carbonyl (C=O) groups is 1. The minimum atomic E-state index is 0. The molecule has 0 unspecified atom stereocenters. The van der Waals surface area contributed by atoms with E-state index in [9.17, 15) is 4.79 Å². The highest BCUT2D eigenvalue weighted by atomic mass is 35.5. The van der Waals surface area contributed by atoms with E-state index in [1.165, 1.54) is 0 Å². The van der Waals surface area contributed by atoms with Gasteiger partial charge in [-0.25, -0.2) is 0 Å². The number of amides is 1. The maximum atomic E-state index is 12.7. The highest BCUT2D eigenvalue weighted by Gasteiger charge is 2.11. The molecule has 2 rings (SSSR count). The van der Waals surface area contributed by atoms with Crippen molar-refractivity contribution in [3.05, 3.63) is 71.8 Å². The van der Waals surface area contributed by atoms with E-state index in [-0.39, 0.29) is 18.3 Å². The fourth-order valence-electron chi connectivity index (χ4n) is 2.41. The van der Waals surface area contributed by atoms with Gasteiger partial charge in [0.15, 0.2) is 0 Å². The summed E-state index contributed by atoms with van der Waals surface area (Å²) in [6.07, 6.45) is 3.46. The van der Waals surface area contributed by atoms with Crippen LogP contribution >= 0.6 is 12.4 Å². The van der Waals surface area contributed by atoms with Crippen LogP contribution < -0.4 is 4.74 Å². The van der Waals surface area contributed by atoms with E-state index >= 15 is 0 Å². The number of benzene rings is 2. The molecule has 0 atom stereocenters. The molecule has 26 heavy (non-hydrogen) atoms. The van der Waals surface area contributed by atoms with Gasteiger partial charge in [-0.2, -0.15) is 0 Å². The minimum Gasteiger partial charge on any atom is -0.497 e. The number of halogens is 1. The van der Waals surface area contributed by atoms with Gasteiger partial charge in [-0.15, -0.1) is 12.4 Å². The predicted molar refractivity (Wildman–Crippen MR) is 110 cm³/mol. The average Bonchev–Trinajstić information content (AvgIpc) is 2.64. The molecule has 0 aliphatic rings. The summed E-state index contributed by atoms with van der Waals surface area (Å²) in [6.45, 7) is 2.12. The Morgan fingerprint density at radius 2 is 1.77 bits per heavy atom. The van der Waals surface area contributed by atoms with Crippen molar-refractivity contribution in [1.29, 1.82) is 0 Å². The Kier molecular flexibility index (Phi) is 9.48. The van der Waals surface area contributed by atoms with Crippen molar-refractivity contribution < 1.29 is 9.53 Å². The molecule has 0 radical (unpaired) electrons. The standard InChI is InChI=1S/C21H26N2O2.ClH/c1-22(2)14-15-23(17-19-8-5-4-6-9-19)21(24)13-12-18-10-7-11-20(16-18)25-3;/h4-13,16H,14-15,17H2,1-3H3;1H/b13-12+;. The molecule has 0 saturated carbocycles. The van der Waals surface area contributed by atoms with Gasteiger partial charge in [-0.05, 0) is 43.4 Å². The number of likely N-dealkylation sites (N-methyl/N-ethyl adjacent to an activating group) is 1. The van der Waals surface area contributed by atoms with Gasteiger partial charge in [0.2, 0.25) is 5.91 Å². The molecule has 2 aromatic rings. The fourth-order valence-corrected chi connectivity index (χ4v) is 2.41. The van der Waals surface area contributed by atoms with Crippen LogP contribution in [0.2, 0.25) is 0 Å². The largest absolute Gasteiger partial charge is 0.497 e. The van der Waals surface area contributed by atoms with Crippen LogP contribution in [0.4, 0.5) is 0 Å². The van der Waals surface area contributed by atoms with E-state index in [4.69, 9.17) is 4.74 Å². The molecule has 2 aromatic carbocycles. The van der Waals surface area contributed by atoms with Crippen molar-refractivity contribution in [2.24, 2.45) is 0 Å². The number of nitrogens with zero attached hydrogens (tertiary/aromatic N) is 2. The van der Waals surface area contributed by atoms with E-state index < -0.39 is 0 Å². The minimum absolute atomic E-state index is 0. The third kappa shape index (κ3) is 7.30. The van der Waals surface area contributed by atoms with Crippen molar-refractivity contribution in [1.82, 2.24) is 9.80 Å². The zero-order valence-electron chi connectivity index (χ0n) is 15.6. The molecule has 0 heterocycles. The van der Waals surface area contributed by atoms with Gasteiger partial charge in [-0.3, -0.25) is 4.79 Å². The van der Waals surface area contributed by atoms with Crippen molar-refractivity contribution in [3.8, 4) is 5.75 Å². The van der Waals surface area contributed by atoms with Crippen LogP contribution in [0.15, 0.2) is 60.7 Å². The Hall–Kier alpha value is -2.30. The predicted octanol–water partition coefficient (Wildman–Crippen LogP) is 3.72. The maximum absolute atomic E-state index is 12.7. The molecule has 4 nitrogen and oxygen atoms in total. The van der Waals surface area contributed by atoms with Crippen molar-refractivity contribution in [2.45, 2.75) is 6.54 Å². The molecule has 5 heteroatoms. The second-order valence-corrected chi connectivity index (χ2v) is 6.16. The van der Waals surface area contributed by atoms with Gasteiger partial charge in [0.25, 0.3) is 0 Å². The molecule has 0 bridgehead atoms. The lowest BCUT2D eigenvalue weighted by Crippen LogP contribution is -2.35. The van der Waals surface area contributed by atoms with Crippen LogP contribution in [0.3, 0.4) is 0 Å². The van der Waals surface area contributed by atoms with Crippen molar-refractivity contribution >= 4 is 24.4 Å². The first-order valence-electron chi connectivity index (χ1n) is 8.38. The van der Waals surface area contributed by atoms with E-state index in [0.29, 0.717) is 13.1 Å². The summed E-state index contributed by atoms with van der Waals surface area (Å²) in [6, 6.07) is 17.7. The lowest BCUT2D eigenvalue weighted by Gasteiger charge is -2.23. The third-order valence-corrected chi connectivity index (χ3v) is 3.86. The number of hydrogen-bond acceptors (Lipinski definition) is 3. The molecular weight excluding hydrogens is 348 g/mol. The van der Waals surface area contributed by atoms with Crippen molar-refractivity contribution in [3.63, 3.8) is 0 Å². The monoisotopic (exact) mass is 374 g/mol. The van der Waals surface area contributed by atoms with Crippen LogP contribution in [0.25, 0.3) is 6.08 Å². The Bertz CT molecular complexity index is 702. The number of rotatable bonds is 8. The summed E-state index contributed by atoms with van der Waals surface area (Å²) in [5, 5.41) is 0. The van der Waals surface area contributed by atoms with Crippen LogP contribution in [-0.4, -0.2) is 50.0 Å². The van der Waals surface area contributed by atoms with E-state index in [2.05, 4.69) is 4.90 Å². The van der Waals surface area contributed by atoms with Gasteiger partial charge in [-0.1, -0.05) is 42.5 Å². The molecule has 0 aromatic heterocycles. The Morgan fingerprint density at radius 1 is 1.04 bits per heavy atom. The quantitative estimate of drug-likeness (QED) is 0.660. The maximum Gasteiger partial charge on any atom is 0.246 e. The lowest BCUT2D eigenvalue weighted by molar-refractivity contribution is -0.126. The molecule has 140 valence electrons. The van der Waals surface area contributed by atoms with Crippen LogP contribution in [-0.2, 0) is 11.3 Å². The van der Waals surface area contributed by atoms with E-state index in [1.54, 1.807) is 13.2 Å². The Morgan fingerprint density at radius 3 is 2.42 bits per heavy atom. The van der Waals surface area contributed by atoms with Gasteiger partial charge >= 0.3 is 0 Å². The smallest absolute Gasteiger partial charge is 0.246 e. The summed E-state index contributed by atoms with van der Waals surface area (Å²) < 4.78 is 5.22. The zero-order valence-corrected chi connectivity index (χ0v) is 16.4. The SMILES string of the molecule is COc1cccc(/C=C/C(=O)N(CCN(C)C)Cc2ccccc2)c1.Cl. The van der Waals surface area contributed by atoms with Crippen molar-refractivity contribution in [2.75, 3.05) is 34.3 Å². The second-order valence-electron chi connectivity index (χ2n) is 6.16. The molecule has 0 aliphatic carbocycles. The first-order valence-corrected chi connectivity index (χ1v) is 8.38. The highest BCUT2D eigenvalue weighted by molar-refractivity contribution is 5.91. The summed E-state index contributed by atoms with van der Waals surface area (Å²) in [4.78, 5) is 16.6. The first-order chi connectivity index (χ1) is 12.1. The second kappa shape index (κ2) is 11.3. The first kappa shape index (κ1) is 21.7. The number of hydrogen-bond donors (Lipinski definition) is 0. The summed E-state index contributed by atoms with van der Waals surface area (Å²) in [5.74, 6) is 0.789. The Labute approximate surface area is 162 Å². The summed E-state index contributed by atoms with van der Waals surface area (Å²) in [7, 11) is 5.66. The van der Waals surface area contributed by atoms with Crippen LogP contribution in [0, 0.1) is 0 Å². The van der Waals surface area contributed by atoms with Gasteiger partial charge in [0.1, 0.15) is 5.75 Å². The van der Waals surface area contributed by atoms with Gasteiger partial charge in [0, 0.05) is 25.7 Å². The third-order valence-electron chi connectivity index (χ3n) is 3.86. The van der Waals surface area contributed by atoms with Crippen LogP contribution in [0.1, 0.15) is 11.1 Å².